The summed E-state index contributed by atoms with van der Waals surface area (Å²) in [7, 11) is 0. The summed E-state index contributed by atoms with van der Waals surface area (Å²) < 4.78 is 9.82. The Hall–Kier alpha value is -3.10. The summed E-state index contributed by atoms with van der Waals surface area (Å²) in [6, 6.07) is 5.07. The highest BCUT2D eigenvalue weighted by Crippen LogP contribution is 2.25. The number of hydrogen-bond acceptors (Lipinski definition) is 7. The van der Waals surface area contributed by atoms with E-state index in [0.29, 0.717) is 29.4 Å². The maximum Gasteiger partial charge on any atom is 0.278 e. The first kappa shape index (κ1) is 14.8. The van der Waals surface area contributed by atoms with Crippen molar-refractivity contribution in [1.29, 1.82) is 0 Å². The highest BCUT2D eigenvalue weighted by Gasteiger charge is 2.16. The van der Waals surface area contributed by atoms with Crippen LogP contribution in [0.1, 0.15) is 16.1 Å². The molecule has 9 heteroatoms. The number of amides is 2. The molecule has 2 heterocycles. The van der Waals surface area contributed by atoms with Crippen LogP contribution in [0.5, 0.6) is 5.88 Å². The van der Waals surface area contributed by atoms with Gasteiger partial charge in [0.25, 0.3) is 11.8 Å². The van der Waals surface area contributed by atoms with E-state index in [4.69, 9.17) is 4.74 Å². The van der Waals surface area contributed by atoms with E-state index < -0.39 is 0 Å². The number of nitrogens with zero attached hydrogens (tertiary/aromatic N) is 2. The molecule has 0 radical (unpaired) electrons. The number of carbonyl (C=O) groups is 2. The Morgan fingerprint density at radius 3 is 3.04 bits per heavy atom. The van der Waals surface area contributed by atoms with E-state index in [0.717, 1.165) is 5.69 Å². The lowest BCUT2D eigenvalue weighted by molar-refractivity contribution is -0.114. The topological polar surface area (TPSA) is 118 Å². The second-order valence-electron chi connectivity index (χ2n) is 4.92. The van der Waals surface area contributed by atoms with E-state index in [1.165, 1.54) is 0 Å². The van der Waals surface area contributed by atoms with Crippen molar-refractivity contribution >= 4 is 23.2 Å². The minimum Gasteiger partial charge on any atom is -0.472 e. The number of hydrogen-bond donors (Lipinski definition) is 3. The van der Waals surface area contributed by atoms with Crippen molar-refractivity contribution in [3.8, 4) is 5.88 Å². The maximum absolute atomic E-state index is 12.1. The van der Waals surface area contributed by atoms with Crippen LogP contribution in [-0.4, -0.2) is 41.8 Å². The molecule has 0 bridgehead atoms. The molecule has 1 aromatic heterocycles. The molecule has 23 heavy (non-hydrogen) atoms. The van der Waals surface area contributed by atoms with Crippen molar-refractivity contribution in [2.24, 2.45) is 0 Å². The molecule has 3 N–H and O–H groups in total. The summed E-state index contributed by atoms with van der Waals surface area (Å²) in [6.45, 7) is 2.48. The predicted molar refractivity (Wildman–Crippen MR) is 80.4 cm³/mol. The molecular formula is C14H15N5O4. The quantitative estimate of drug-likeness (QED) is 0.689. The number of benzene rings is 1. The molecule has 9 nitrogen and oxygen atoms in total. The predicted octanol–water partition coefficient (Wildman–Crippen LogP) is 0.551. The van der Waals surface area contributed by atoms with Crippen LogP contribution >= 0.6 is 0 Å². The van der Waals surface area contributed by atoms with Gasteiger partial charge in [-0.1, -0.05) is 5.16 Å². The number of fused-ring (bicyclic) bond motifs is 1. The number of aryl methyl sites for hydroxylation is 1. The summed E-state index contributed by atoms with van der Waals surface area (Å²) in [5, 5.41) is 15.6. The van der Waals surface area contributed by atoms with Crippen LogP contribution in [0.4, 0.5) is 11.4 Å². The third kappa shape index (κ3) is 3.39. The molecule has 2 aromatic rings. The van der Waals surface area contributed by atoms with Crippen molar-refractivity contribution in [2.45, 2.75) is 6.92 Å². The Kier molecular flexibility index (Phi) is 4.09. The monoisotopic (exact) mass is 317 g/mol. The zero-order chi connectivity index (χ0) is 16.2. The van der Waals surface area contributed by atoms with Crippen LogP contribution in [0.25, 0.3) is 0 Å². The Labute approximate surface area is 131 Å². The van der Waals surface area contributed by atoms with Gasteiger partial charge in [0.15, 0.2) is 0 Å². The minimum atomic E-state index is -0.258. The van der Waals surface area contributed by atoms with E-state index in [1.54, 1.807) is 25.1 Å². The van der Waals surface area contributed by atoms with Crippen LogP contribution < -0.4 is 20.7 Å². The molecule has 1 aromatic carbocycles. The van der Waals surface area contributed by atoms with Crippen LogP contribution in [0.3, 0.4) is 0 Å². The standard InChI is InChI=1S/C14H15N5O4/c1-8-14(19-23-18-8)22-5-4-15-13(21)9-2-3-10-11(6-9)17-12(20)7-16-10/h2-3,6,16H,4-5,7H2,1H3,(H,15,21)(H,17,20). The van der Waals surface area contributed by atoms with E-state index in [1.807, 2.05) is 0 Å². The van der Waals surface area contributed by atoms with E-state index >= 15 is 0 Å². The van der Waals surface area contributed by atoms with E-state index in [2.05, 4.69) is 30.9 Å². The first-order chi connectivity index (χ1) is 11.1. The van der Waals surface area contributed by atoms with Gasteiger partial charge in [-0.05, 0) is 30.3 Å². The lowest BCUT2D eigenvalue weighted by atomic mass is 10.1. The average molecular weight is 317 g/mol. The summed E-state index contributed by atoms with van der Waals surface area (Å²) in [5.74, 6) is -0.0897. The zero-order valence-electron chi connectivity index (χ0n) is 12.4. The van der Waals surface area contributed by atoms with Crippen molar-refractivity contribution < 1.29 is 19.0 Å². The van der Waals surface area contributed by atoms with Gasteiger partial charge < -0.3 is 20.7 Å². The lowest BCUT2D eigenvalue weighted by Gasteiger charge is -2.19. The summed E-state index contributed by atoms with van der Waals surface area (Å²) in [6.07, 6.45) is 0. The van der Waals surface area contributed by atoms with Crippen molar-refractivity contribution in [3.63, 3.8) is 0 Å². The fourth-order valence-electron chi connectivity index (χ4n) is 2.08. The van der Waals surface area contributed by atoms with Crippen molar-refractivity contribution in [3.05, 3.63) is 29.5 Å². The number of nitrogens with one attached hydrogen (secondary N) is 3. The number of aromatic nitrogens is 2. The SMILES string of the molecule is Cc1nonc1OCCNC(=O)c1ccc2c(c1)NC(=O)CN2. The summed E-state index contributed by atoms with van der Waals surface area (Å²) in [4.78, 5) is 23.4. The van der Waals surface area contributed by atoms with Gasteiger partial charge in [0.2, 0.25) is 5.91 Å². The molecule has 0 aliphatic carbocycles. The highest BCUT2D eigenvalue weighted by molar-refractivity contribution is 6.03. The first-order valence-electron chi connectivity index (χ1n) is 7.01. The molecule has 0 spiro atoms. The van der Waals surface area contributed by atoms with Gasteiger partial charge in [-0.2, -0.15) is 0 Å². The average Bonchev–Trinajstić information content (AvgIpc) is 2.95. The fraction of sp³-hybridized carbons (Fsp3) is 0.286. The first-order valence-corrected chi connectivity index (χ1v) is 7.01. The molecule has 0 unspecified atom stereocenters. The molecule has 1 aliphatic heterocycles. The van der Waals surface area contributed by atoms with Crippen molar-refractivity contribution in [2.75, 3.05) is 30.3 Å². The lowest BCUT2D eigenvalue weighted by Crippen LogP contribution is -2.30. The summed E-state index contributed by atoms with van der Waals surface area (Å²) >= 11 is 0. The molecule has 2 amide bonds. The number of anilines is 2. The van der Waals surface area contributed by atoms with Crippen LogP contribution in [0.15, 0.2) is 22.8 Å². The minimum absolute atomic E-state index is 0.139. The molecule has 0 fully saturated rings. The molecule has 1 aliphatic rings. The zero-order valence-corrected chi connectivity index (χ0v) is 12.4. The third-order valence-corrected chi connectivity index (χ3v) is 3.23. The smallest absolute Gasteiger partial charge is 0.278 e. The van der Waals surface area contributed by atoms with Gasteiger partial charge in [0, 0.05) is 5.56 Å². The van der Waals surface area contributed by atoms with Gasteiger partial charge in [0.05, 0.1) is 24.5 Å². The number of ether oxygens (including phenoxy) is 1. The molecule has 0 atom stereocenters. The fourth-order valence-corrected chi connectivity index (χ4v) is 2.08. The maximum atomic E-state index is 12.1. The Morgan fingerprint density at radius 1 is 1.39 bits per heavy atom. The van der Waals surface area contributed by atoms with Gasteiger partial charge >= 0.3 is 0 Å². The molecule has 3 rings (SSSR count). The molecule has 0 saturated carbocycles. The Balaban J connectivity index is 1.53. The Bertz CT molecular complexity index is 743. The van der Waals surface area contributed by atoms with Gasteiger partial charge in [-0.15, -0.1) is 0 Å². The Morgan fingerprint density at radius 2 is 2.26 bits per heavy atom. The molecule has 120 valence electrons. The molecule has 0 saturated heterocycles. The van der Waals surface area contributed by atoms with Crippen LogP contribution in [0.2, 0.25) is 0 Å². The van der Waals surface area contributed by atoms with Crippen LogP contribution in [-0.2, 0) is 4.79 Å². The normalized spacial score (nSPS) is 12.8. The molecular weight excluding hydrogens is 302 g/mol. The van der Waals surface area contributed by atoms with E-state index in [-0.39, 0.29) is 25.0 Å². The number of carbonyl (C=O) groups excluding carboxylic acids is 2. The van der Waals surface area contributed by atoms with Crippen molar-refractivity contribution in [1.82, 2.24) is 15.6 Å². The largest absolute Gasteiger partial charge is 0.472 e. The summed E-state index contributed by atoms with van der Waals surface area (Å²) in [5.41, 5.74) is 2.38. The van der Waals surface area contributed by atoms with Gasteiger partial charge in [-0.25, -0.2) is 4.63 Å². The second kappa shape index (κ2) is 6.34. The van der Waals surface area contributed by atoms with E-state index in [9.17, 15) is 9.59 Å². The second-order valence-corrected chi connectivity index (χ2v) is 4.92. The highest BCUT2D eigenvalue weighted by atomic mass is 16.6. The third-order valence-electron chi connectivity index (χ3n) is 3.23. The van der Waals surface area contributed by atoms with Gasteiger partial charge in [0.1, 0.15) is 12.3 Å². The number of rotatable bonds is 5. The van der Waals surface area contributed by atoms with Gasteiger partial charge in [-0.3, -0.25) is 9.59 Å². The van der Waals surface area contributed by atoms with Crippen LogP contribution in [0, 0.1) is 6.92 Å².